The number of hydrogen-bond donors (Lipinski definition) is 2. The van der Waals surface area contributed by atoms with Gasteiger partial charge in [0.15, 0.2) is 5.79 Å². The molecule has 2 aromatic heterocycles. The van der Waals surface area contributed by atoms with E-state index in [0.29, 0.717) is 37.5 Å². The van der Waals surface area contributed by atoms with Crippen molar-refractivity contribution in [2.75, 3.05) is 32.7 Å². The maximum absolute atomic E-state index is 11.7. The summed E-state index contributed by atoms with van der Waals surface area (Å²) in [5.41, 5.74) is 1.88. The van der Waals surface area contributed by atoms with Gasteiger partial charge in [0.05, 0.1) is 38.4 Å². The number of benzene rings is 1. The Morgan fingerprint density at radius 3 is 2.68 bits per heavy atom. The number of rotatable bonds is 13. The molecule has 3 heterocycles. The molecule has 1 aromatic carbocycles. The van der Waals surface area contributed by atoms with Crippen LogP contribution in [-0.4, -0.2) is 71.9 Å². The first kappa shape index (κ1) is 30.6. The molecule has 2 aliphatic carbocycles. The fourth-order valence-corrected chi connectivity index (χ4v) is 7.10. The standard InChI is InChI=1S/C33H45N5O6/c1-6-42-28(39)10-7-20-13-23(14-20)34-18-22-15-26(30-29(22)43-33(2,3)44-30)38-12-11-25-31(36-19-37-32(25)38)35-17-21-8-9-24(40-4)16-27(21)41-5/h8-9,11-12,16,19-20,22-23,26,29-30,34H,6-7,10,13-15,17-18H2,1-5H3,(H,35,36,37). The van der Waals surface area contributed by atoms with Crippen molar-refractivity contribution >= 4 is 22.8 Å². The maximum Gasteiger partial charge on any atom is 0.305 e. The number of nitrogens with zero attached hydrogens (tertiary/aromatic N) is 3. The third-order valence-corrected chi connectivity index (χ3v) is 9.33. The molecule has 0 spiro atoms. The lowest BCUT2D eigenvalue weighted by atomic mass is 9.77. The molecule has 238 valence electrons. The number of anilines is 1. The zero-order valence-electron chi connectivity index (χ0n) is 26.4. The van der Waals surface area contributed by atoms with E-state index >= 15 is 0 Å². The van der Waals surface area contributed by atoms with Crippen molar-refractivity contribution in [2.24, 2.45) is 11.8 Å². The molecule has 3 fully saturated rings. The van der Waals surface area contributed by atoms with Gasteiger partial charge in [0, 0.05) is 49.3 Å². The number of esters is 1. The number of ether oxygens (including phenoxy) is 5. The average Bonchev–Trinajstić information content (AvgIpc) is 3.66. The van der Waals surface area contributed by atoms with Crippen molar-refractivity contribution in [3.63, 3.8) is 0 Å². The topological polar surface area (TPSA) is 118 Å². The summed E-state index contributed by atoms with van der Waals surface area (Å²) in [4.78, 5) is 21.0. The first-order valence-corrected chi connectivity index (χ1v) is 15.8. The maximum atomic E-state index is 11.7. The smallest absolute Gasteiger partial charge is 0.305 e. The van der Waals surface area contributed by atoms with Crippen molar-refractivity contribution in [3.05, 3.63) is 42.4 Å². The van der Waals surface area contributed by atoms with Gasteiger partial charge in [-0.15, -0.1) is 0 Å². The molecule has 11 nitrogen and oxygen atoms in total. The number of aromatic nitrogens is 3. The predicted molar refractivity (Wildman–Crippen MR) is 166 cm³/mol. The van der Waals surface area contributed by atoms with Crippen LogP contribution in [0.5, 0.6) is 11.5 Å². The van der Waals surface area contributed by atoms with Gasteiger partial charge in [0.25, 0.3) is 0 Å². The van der Waals surface area contributed by atoms with E-state index in [0.717, 1.165) is 66.1 Å². The van der Waals surface area contributed by atoms with E-state index in [2.05, 4.69) is 32.4 Å². The fourth-order valence-electron chi connectivity index (χ4n) is 7.10. The lowest BCUT2D eigenvalue weighted by Gasteiger charge is -2.37. The minimum Gasteiger partial charge on any atom is -0.497 e. The summed E-state index contributed by atoms with van der Waals surface area (Å²) in [6, 6.07) is 8.45. The van der Waals surface area contributed by atoms with Crippen LogP contribution in [0.1, 0.15) is 64.5 Å². The summed E-state index contributed by atoms with van der Waals surface area (Å²) in [5, 5.41) is 8.23. The molecule has 11 heteroatoms. The Kier molecular flexibility index (Phi) is 8.98. The lowest BCUT2D eigenvalue weighted by molar-refractivity contribution is -0.160. The second-order valence-electron chi connectivity index (χ2n) is 12.6. The molecular weight excluding hydrogens is 562 g/mol. The van der Waals surface area contributed by atoms with Gasteiger partial charge in [0.1, 0.15) is 35.4 Å². The summed E-state index contributed by atoms with van der Waals surface area (Å²) in [5.74, 6) is 2.45. The summed E-state index contributed by atoms with van der Waals surface area (Å²) in [7, 11) is 3.30. The van der Waals surface area contributed by atoms with E-state index in [1.54, 1.807) is 20.5 Å². The van der Waals surface area contributed by atoms with Gasteiger partial charge in [-0.25, -0.2) is 9.97 Å². The largest absolute Gasteiger partial charge is 0.497 e. The highest BCUT2D eigenvalue weighted by Crippen LogP contribution is 2.48. The Morgan fingerprint density at radius 1 is 1.09 bits per heavy atom. The Morgan fingerprint density at radius 2 is 1.91 bits per heavy atom. The Balaban J connectivity index is 1.11. The molecule has 2 N–H and O–H groups in total. The molecule has 0 bridgehead atoms. The average molecular weight is 608 g/mol. The second kappa shape index (κ2) is 12.9. The summed E-state index contributed by atoms with van der Waals surface area (Å²) >= 11 is 0. The van der Waals surface area contributed by atoms with Crippen molar-refractivity contribution in [3.8, 4) is 11.5 Å². The Bertz CT molecular complexity index is 1450. The first-order chi connectivity index (χ1) is 21.3. The van der Waals surface area contributed by atoms with E-state index in [-0.39, 0.29) is 24.2 Å². The summed E-state index contributed by atoms with van der Waals surface area (Å²) in [6.45, 7) is 7.71. The molecule has 0 amide bonds. The molecule has 4 unspecified atom stereocenters. The molecule has 1 saturated heterocycles. The van der Waals surface area contributed by atoms with Gasteiger partial charge in [-0.1, -0.05) is 0 Å². The van der Waals surface area contributed by atoms with E-state index in [9.17, 15) is 4.79 Å². The number of carbonyl (C=O) groups is 1. The van der Waals surface area contributed by atoms with Crippen LogP contribution in [0.4, 0.5) is 5.82 Å². The molecule has 1 aliphatic heterocycles. The normalized spacial score (nSPS) is 27.1. The minimum absolute atomic E-state index is 0.00149. The van der Waals surface area contributed by atoms with Crippen LogP contribution in [0.15, 0.2) is 36.8 Å². The van der Waals surface area contributed by atoms with Gasteiger partial charge in [-0.05, 0) is 70.6 Å². The number of carbonyl (C=O) groups excluding carboxylic acids is 1. The quantitative estimate of drug-likeness (QED) is 0.261. The molecule has 2 saturated carbocycles. The predicted octanol–water partition coefficient (Wildman–Crippen LogP) is 4.85. The molecule has 3 aromatic rings. The zero-order chi connectivity index (χ0) is 30.8. The molecule has 0 radical (unpaired) electrons. The molecule has 44 heavy (non-hydrogen) atoms. The van der Waals surface area contributed by atoms with E-state index in [4.69, 9.17) is 28.7 Å². The van der Waals surface area contributed by atoms with Gasteiger partial charge in [-0.2, -0.15) is 0 Å². The lowest BCUT2D eigenvalue weighted by Crippen LogP contribution is -2.44. The minimum atomic E-state index is -0.636. The van der Waals surface area contributed by atoms with Crippen molar-refractivity contribution in [1.29, 1.82) is 0 Å². The van der Waals surface area contributed by atoms with E-state index in [1.807, 2.05) is 39.0 Å². The van der Waals surface area contributed by atoms with Gasteiger partial charge < -0.3 is 38.9 Å². The van der Waals surface area contributed by atoms with Crippen LogP contribution in [0.25, 0.3) is 11.0 Å². The Labute approximate surface area is 259 Å². The summed E-state index contributed by atoms with van der Waals surface area (Å²) < 4.78 is 31.2. The zero-order valence-corrected chi connectivity index (χ0v) is 26.4. The van der Waals surface area contributed by atoms with Gasteiger partial charge in [0.2, 0.25) is 0 Å². The van der Waals surface area contributed by atoms with Crippen LogP contribution in [0.3, 0.4) is 0 Å². The highest BCUT2D eigenvalue weighted by Gasteiger charge is 2.54. The second-order valence-corrected chi connectivity index (χ2v) is 12.6. The van der Waals surface area contributed by atoms with E-state index in [1.165, 1.54) is 0 Å². The van der Waals surface area contributed by atoms with Crippen LogP contribution in [0, 0.1) is 11.8 Å². The highest BCUT2D eigenvalue weighted by atomic mass is 16.8. The third-order valence-electron chi connectivity index (χ3n) is 9.33. The number of methoxy groups -OCH3 is 2. The SMILES string of the molecule is CCOC(=O)CCC1CC(NCC2CC(n3ccc4c(NCc5ccc(OC)cc5OC)ncnc43)C3OC(C)(C)OC23)C1. The van der Waals surface area contributed by atoms with Crippen LogP contribution in [0.2, 0.25) is 0 Å². The highest BCUT2D eigenvalue weighted by molar-refractivity contribution is 5.87. The molecule has 3 aliphatic rings. The molecule has 6 rings (SSSR count). The first-order valence-electron chi connectivity index (χ1n) is 15.8. The monoisotopic (exact) mass is 607 g/mol. The van der Waals surface area contributed by atoms with E-state index < -0.39 is 5.79 Å². The van der Waals surface area contributed by atoms with Crippen molar-refractivity contribution in [1.82, 2.24) is 19.9 Å². The van der Waals surface area contributed by atoms with Gasteiger partial charge in [-0.3, -0.25) is 4.79 Å². The van der Waals surface area contributed by atoms with Crippen molar-refractivity contribution in [2.45, 2.75) is 89.5 Å². The summed E-state index contributed by atoms with van der Waals surface area (Å²) in [6.07, 6.45) is 8.20. The van der Waals surface area contributed by atoms with Crippen LogP contribution >= 0.6 is 0 Å². The molecule has 4 atom stereocenters. The molecular formula is C33H45N5O6. The number of nitrogens with one attached hydrogen (secondary N) is 2. The number of hydrogen-bond acceptors (Lipinski definition) is 10. The third kappa shape index (κ3) is 6.36. The Hall–Kier alpha value is -3.41. The van der Waals surface area contributed by atoms with Crippen LogP contribution in [-0.2, 0) is 25.5 Å². The van der Waals surface area contributed by atoms with Gasteiger partial charge >= 0.3 is 5.97 Å². The number of fused-ring (bicyclic) bond motifs is 2. The van der Waals surface area contributed by atoms with Crippen LogP contribution < -0.4 is 20.1 Å². The van der Waals surface area contributed by atoms with Crippen molar-refractivity contribution < 1.29 is 28.5 Å². The fraction of sp³-hybridized carbons (Fsp3) is 0.606.